The molecular formula is C11H17ClN2O2. The maximum atomic E-state index is 11.4. The van der Waals surface area contributed by atoms with E-state index in [2.05, 4.69) is 5.32 Å². The van der Waals surface area contributed by atoms with Gasteiger partial charge in [-0.05, 0) is 31.5 Å². The molecule has 1 amide bonds. The normalized spacial score (nSPS) is 9.38. The first kappa shape index (κ1) is 14.7. The van der Waals surface area contributed by atoms with Crippen LogP contribution in [-0.2, 0) is 9.53 Å². The minimum Gasteiger partial charge on any atom is -0.399 e. The Kier molecular flexibility index (Phi) is 6.53. The Bertz CT molecular complexity index is 356. The van der Waals surface area contributed by atoms with Gasteiger partial charge in [0.1, 0.15) is 6.61 Å². The fourth-order valence-electron chi connectivity index (χ4n) is 1.16. The summed E-state index contributed by atoms with van der Waals surface area (Å²) in [5.74, 6) is -0.162. The van der Waals surface area contributed by atoms with Crippen LogP contribution >= 0.6 is 12.4 Å². The van der Waals surface area contributed by atoms with E-state index in [1.54, 1.807) is 12.1 Å². The van der Waals surface area contributed by atoms with E-state index in [1.807, 2.05) is 19.9 Å². The Morgan fingerprint density at radius 2 is 2.19 bits per heavy atom. The van der Waals surface area contributed by atoms with E-state index in [9.17, 15) is 4.79 Å². The molecule has 3 N–H and O–H groups in total. The number of rotatable bonds is 4. The van der Waals surface area contributed by atoms with Gasteiger partial charge in [-0.25, -0.2) is 0 Å². The quantitative estimate of drug-likeness (QED) is 0.796. The molecule has 1 rings (SSSR count). The lowest BCUT2D eigenvalue weighted by atomic mass is 10.2. The highest BCUT2D eigenvalue weighted by Crippen LogP contribution is 2.17. The molecule has 0 spiro atoms. The number of amides is 1. The van der Waals surface area contributed by atoms with Gasteiger partial charge < -0.3 is 15.8 Å². The zero-order valence-corrected chi connectivity index (χ0v) is 10.3. The Hall–Kier alpha value is -1.26. The number of hydrogen-bond acceptors (Lipinski definition) is 3. The second-order valence-electron chi connectivity index (χ2n) is 3.26. The van der Waals surface area contributed by atoms with Gasteiger partial charge in [0.05, 0.1) is 0 Å². The van der Waals surface area contributed by atoms with E-state index >= 15 is 0 Å². The van der Waals surface area contributed by atoms with E-state index in [1.165, 1.54) is 0 Å². The highest BCUT2D eigenvalue weighted by Gasteiger charge is 2.04. The number of nitrogens with two attached hydrogens (primary N) is 1. The van der Waals surface area contributed by atoms with Gasteiger partial charge in [-0.1, -0.05) is 6.07 Å². The molecule has 0 radical (unpaired) electrons. The number of ether oxygens (including phenoxy) is 1. The Morgan fingerprint density at radius 3 is 2.81 bits per heavy atom. The maximum Gasteiger partial charge on any atom is 0.250 e. The van der Waals surface area contributed by atoms with Gasteiger partial charge in [0.25, 0.3) is 0 Å². The van der Waals surface area contributed by atoms with Crippen molar-refractivity contribution in [2.75, 3.05) is 24.3 Å². The SMILES string of the molecule is CCOCC(=O)Nc1cc(N)ccc1C.Cl. The van der Waals surface area contributed by atoms with Crippen LogP contribution in [0.1, 0.15) is 12.5 Å². The van der Waals surface area contributed by atoms with E-state index in [0.717, 1.165) is 11.3 Å². The topological polar surface area (TPSA) is 64.3 Å². The summed E-state index contributed by atoms with van der Waals surface area (Å²) in [5, 5.41) is 2.74. The van der Waals surface area contributed by atoms with Crippen LogP contribution in [0.15, 0.2) is 18.2 Å². The van der Waals surface area contributed by atoms with E-state index in [4.69, 9.17) is 10.5 Å². The predicted octanol–water partition coefficient (Wildman–Crippen LogP) is 1.97. The van der Waals surface area contributed by atoms with E-state index in [0.29, 0.717) is 12.3 Å². The van der Waals surface area contributed by atoms with Gasteiger partial charge in [0, 0.05) is 18.0 Å². The van der Waals surface area contributed by atoms with Gasteiger partial charge in [-0.2, -0.15) is 0 Å². The molecule has 90 valence electrons. The molecule has 0 aliphatic carbocycles. The lowest BCUT2D eigenvalue weighted by molar-refractivity contribution is -0.120. The molecule has 0 aliphatic heterocycles. The number of nitrogen functional groups attached to an aromatic ring is 1. The Morgan fingerprint density at radius 1 is 1.50 bits per heavy atom. The van der Waals surface area contributed by atoms with Gasteiger partial charge in [0.2, 0.25) is 5.91 Å². The smallest absolute Gasteiger partial charge is 0.250 e. The molecule has 0 aliphatic rings. The zero-order valence-electron chi connectivity index (χ0n) is 9.45. The molecule has 4 nitrogen and oxygen atoms in total. The number of carbonyl (C=O) groups is 1. The first-order valence-corrected chi connectivity index (χ1v) is 4.87. The van der Waals surface area contributed by atoms with Crippen molar-refractivity contribution in [3.05, 3.63) is 23.8 Å². The summed E-state index contributed by atoms with van der Waals surface area (Å²) in [5.41, 5.74) is 7.97. The Labute approximate surface area is 102 Å². The molecule has 0 fully saturated rings. The lowest BCUT2D eigenvalue weighted by Crippen LogP contribution is -2.18. The van der Waals surface area contributed by atoms with Crippen LogP contribution in [0.2, 0.25) is 0 Å². The molecule has 0 saturated heterocycles. The van der Waals surface area contributed by atoms with Crippen LogP contribution < -0.4 is 11.1 Å². The number of benzene rings is 1. The second-order valence-corrected chi connectivity index (χ2v) is 3.26. The third kappa shape index (κ3) is 4.51. The average Bonchev–Trinajstić information content (AvgIpc) is 2.20. The highest BCUT2D eigenvalue weighted by atomic mass is 35.5. The van der Waals surface area contributed by atoms with Crippen LogP contribution in [0, 0.1) is 6.92 Å². The molecule has 0 bridgehead atoms. The average molecular weight is 245 g/mol. The molecule has 0 unspecified atom stereocenters. The molecule has 16 heavy (non-hydrogen) atoms. The van der Waals surface area contributed by atoms with Crippen LogP contribution in [-0.4, -0.2) is 19.1 Å². The lowest BCUT2D eigenvalue weighted by Gasteiger charge is -2.08. The van der Waals surface area contributed by atoms with Crippen LogP contribution in [0.5, 0.6) is 0 Å². The number of anilines is 2. The number of carbonyl (C=O) groups excluding carboxylic acids is 1. The van der Waals surface area contributed by atoms with Crippen molar-refractivity contribution in [1.29, 1.82) is 0 Å². The molecule has 0 heterocycles. The third-order valence-electron chi connectivity index (χ3n) is 1.97. The summed E-state index contributed by atoms with van der Waals surface area (Å²) < 4.78 is 4.99. The number of hydrogen-bond donors (Lipinski definition) is 2. The van der Waals surface area contributed by atoms with Gasteiger partial charge >= 0.3 is 0 Å². The number of aryl methyl sites for hydroxylation is 1. The van der Waals surface area contributed by atoms with Crippen LogP contribution in [0.25, 0.3) is 0 Å². The minimum atomic E-state index is -0.162. The predicted molar refractivity (Wildman–Crippen MR) is 68.0 cm³/mol. The molecule has 5 heteroatoms. The van der Waals surface area contributed by atoms with E-state index < -0.39 is 0 Å². The zero-order chi connectivity index (χ0) is 11.3. The van der Waals surface area contributed by atoms with Crippen molar-refractivity contribution < 1.29 is 9.53 Å². The highest BCUT2D eigenvalue weighted by molar-refractivity contribution is 5.92. The standard InChI is InChI=1S/C11H16N2O2.ClH/c1-3-15-7-11(14)13-10-6-9(12)5-4-8(10)2;/h4-6H,3,7,12H2,1-2H3,(H,13,14);1H. The van der Waals surface area contributed by atoms with Gasteiger partial charge in [-0.3, -0.25) is 4.79 Å². The molecule has 1 aromatic carbocycles. The summed E-state index contributed by atoms with van der Waals surface area (Å²) in [6, 6.07) is 5.40. The largest absolute Gasteiger partial charge is 0.399 e. The summed E-state index contributed by atoms with van der Waals surface area (Å²) in [7, 11) is 0. The number of nitrogens with one attached hydrogen (secondary N) is 1. The molecule has 0 saturated carbocycles. The van der Waals surface area contributed by atoms with Crippen LogP contribution in [0.4, 0.5) is 11.4 Å². The first-order chi connectivity index (χ1) is 7.13. The van der Waals surface area contributed by atoms with Crippen molar-refractivity contribution in [2.24, 2.45) is 0 Å². The van der Waals surface area contributed by atoms with Crippen molar-refractivity contribution in [3.8, 4) is 0 Å². The van der Waals surface area contributed by atoms with Gasteiger partial charge in [-0.15, -0.1) is 12.4 Å². The van der Waals surface area contributed by atoms with Crippen LogP contribution in [0.3, 0.4) is 0 Å². The first-order valence-electron chi connectivity index (χ1n) is 4.87. The molecular weight excluding hydrogens is 228 g/mol. The summed E-state index contributed by atoms with van der Waals surface area (Å²) in [6.07, 6.45) is 0. The Balaban J connectivity index is 0.00000225. The minimum absolute atomic E-state index is 0. The maximum absolute atomic E-state index is 11.4. The van der Waals surface area contributed by atoms with Crippen molar-refractivity contribution in [3.63, 3.8) is 0 Å². The van der Waals surface area contributed by atoms with Crippen molar-refractivity contribution in [1.82, 2.24) is 0 Å². The summed E-state index contributed by atoms with van der Waals surface area (Å²) in [4.78, 5) is 11.4. The van der Waals surface area contributed by atoms with E-state index in [-0.39, 0.29) is 24.9 Å². The monoisotopic (exact) mass is 244 g/mol. The summed E-state index contributed by atoms with van der Waals surface area (Å²) in [6.45, 7) is 4.36. The fourth-order valence-corrected chi connectivity index (χ4v) is 1.16. The molecule has 0 aromatic heterocycles. The fraction of sp³-hybridized carbons (Fsp3) is 0.364. The number of halogens is 1. The molecule has 1 aromatic rings. The second kappa shape index (κ2) is 7.09. The van der Waals surface area contributed by atoms with Crippen molar-refractivity contribution in [2.45, 2.75) is 13.8 Å². The third-order valence-corrected chi connectivity index (χ3v) is 1.97. The summed E-state index contributed by atoms with van der Waals surface area (Å²) >= 11 is 0. The van der Waals surface area contributed by atoms with Crippen molar-refractivity contribution >= 4 is 29.7 Å². The molecule has 0 atom stereocenters. The van der Waals surface area contributed by atoms with Gasteiger partial charge in [0.15, 0.2) is 0 Å².